The zero-order valence-electron chi connectivity index (χ0n) is 11.3. The number of halogens is 3. The third kappa shape index (κ3) is 4.92. The fourth-order valence-electron chi connectivity index (χ4n) is 2.48. The SMILES string of the molecule is CC(CC1CCCN1)Nc1ccc(OC(F)(F)F)cc1. The molecule has 0 aliphatic carbocycles. The van der Waals surface area contributed by atoms with Crippen molar-refractivity contribution in [1.82, 2.24) is 5.32 Å². The van der Waals surface area contributed by atoms with E-state index in [9.17, 15) is 13.2 Å². The average Bonchev–Trinajstić information content (AvgIpc) is 2.82. The number of nitrogens with one attached hydrogen (secondary N) is 2. The van der Waals surface area contributed by atoms with Crippen LogP contribution in [0.2, 0.25) is 0 Å². The summed E-state index contributed by atoms with van der Waals surface area (Å²) in [6.45, 7) is 3.14. The molecule has 2 N–H and O–H groups in total. The van der Waals surface area contributed by atoms with Gasteiger partial charge < -0.3 is 15.4 Å². The Morgan fingerprint density at radius 2 is 2.05 bits per heavy atom. The third-order valence-corrected chi connectivity index (χ3v) is 3.30. The van der Waals surface area contributed by atoms with Crippen LogP contribution in [0.1, 0.15) is 26.2 Å². The van der Waals surface area contributed by atoms with Gasteiger partial charge in [0.1, 0.15) is 5.75 Å². The molecule has 112 valence electrons. The Morgan fingerprint density at radius 3 is 2.60 bits per heavy atom. The Morgan fingerprint density at radius 1 is 1.35 bits per heavy atom. The fraction of sp³-hybridized carbons (Fsp3) is 0.571. The van der Waals surface area contributed by atoms with Gasteiger partial charge in [-0.15, -0.1) is 13.2 Å². The third-order valence-electron chi connectivity index (χ3n) is 3.30. The molecular weight excluding hydrogens is 269 g/mol. The van der Waals surface area contributed by atoms with E-state index in [1.165, 1.54) is 25.0 Å². The number of alkyl halides is 3. The van der Waals surface area contributed by atoms with E-state index in [0.29, 0.717) is 6.04 Å². The standard InChI is InChI=1S/C14H19F3N2O/c1-10(9-12-3-2-8-18-12)19-11-4-6-13(7-5-11)20-14(15,16)17/h4-7,10,12,18-19H,2-3,8-9H2,1H3. The monoisotopic (exact) mass is 288 g/mol. The summed E-state index contributed by atoms with van der Waals surface area (Å²) in [7, 11) is 0. The summed E-state index contributed by atoms with van der Waals surface area (Å²) < 4.78 is 39.9. The van der Waals surface area contributed by atoms with Gasteiger partial charge in [-0.1, -0.05) is 0 Å². The first-order valence-electron chi connectivity index (χ1n) is 6.78. The lowest BCUT2D eigenvalue weighted by atomic mass is 10.1. The molecule has 0 amide bonds. The molecule has 3 nitrogen and oxygen atoms in total. The minimum Gasteiger partial charge on any atom is -0.406 e. The molecule has 0 radical (unpaired) electrons. The number of anilines is 1. The number of ether oxygens (including phenoxy) is 1. The molecule has 2 unspecified atom stereocenters. The Kier molecular flexibility index (Phi) is 4.75. The van der Waals surface area contributed by atoms with Crippen molar-refractivity contribution in [3.8, 4) is 5.75 Å². The number of hydrogen-bond donors (Lipinski definition) is 2. The molecule has 6 heteroatoms. The quantitative estimate of drug-likeness (QED) is 0.869. The predicted octanol–water partition coefficient (Wildman–Crippen LogP) is 3.53. The molecule has 0 bridgehead atoms. The van der Waals surface area contributed by atoms with Crippen molar-refractivity contribution in [3.63, 3.8) is 0 Å². The van der Waals surface area contributed by atoms with Crippen molar-refractivity contribution < 1.29 is 17.9 Å². The highest BCUT2D eigenvalue weighted by Crippen LogP contribution is 2.24. The molecule has 1 aromatic carbocycles. The van der Waals surface area contributed by atoms with Crippen LogP contribution < -0.4 is 15.4 Å². The molecule has 2 rings (SSSR count). The van der Waals surface area contributed by atoms with Gasteiger partial charge in [0.05, 0.1) is 0 Å². The van der Waals surface area contributed by atoms with Crippen LogP contribution in [0.25, 0.3) is 0 Å². The topological polar surface area (TPSA) is 33.3 Å². The van der Waals surface area contributed by atoms with Gasteiger partial charge >= 0.3 is 6.36 Å². The number of benzene rings is 1. The van der Waals surface area contributed by atoms with E-state index >= 15 is 0 Å². The lowest BCUT2D eigenvalue weighted by Gasteiger charge is -2.19. The van der Waals surface area contributed by atoms with Crippen LogP contribution in [0.15, 0.2) is 24.3 Å². The van der Waals surface area contributed by atoms with Crippen molar-refractivity contribution in [1.29, 1.82) is 0 Å². The maximum atomic E-state index is 12.0. The number of rotatable bonds is 5. The lowest BCUT2D eigenvalue weighted by molar-refractivity contribution is -0.274. The number of hydrogen-bond acceptors (Lipinski definition) is 3. The molecule has 1 heterocycles. The minimum atomic E-state index is -4.64. The summed E-state index contributed by atoms with van der Waals surface area (Å²) in [5.41, 5.74) is 0.796. The molecular formula is C14H19F3N2O. The van der Waals surface area contributed by atoms with Gasteiger partial charge in [0, 0.05) is 17.8 Å². The Bertz CT molecular complexity index is 413. The van der Waals surface area contributed by atoms with Crippen molar-refractivity contribution in [2.24, 2.45) is 0 Å². The lowest BCUT2D eigenvalue weighted by Crippen LogP contribution is -2.29. The first kappa shape index (κ1) is 15.0. The molecule has 0 aromatic heterocycles. The second-order valence-corrected chi connectivity index (χ2v) is 5.15. The zero-order valence-corrected chi connectivity index (χ0v) is 11.3. The summed E-state index contributed by atoms with van der Waals surface area (Å²) >= 11 is 0. The van der Waals surface area contributed by atoms with Crippen molar-refractivity contribution >= 4 is 5.69 Å². The fourth-order valence-corrected chi connectivity index (χ4v) is 2.48. The molecule has 1 aliphatic heterocycles. The minimum absolute atomic E-state index is 0.201. The first-order valence-corrected chi connectivity index (χ1v) is 6.78. The Labute approximate surface area is 116 Å². The van der Waals surface area contributed by atoms with Gasteiger partial charge in [-0.2, -0.15) is 0 Å². The highest BCUT2D eigenvalue weighted by atomic mass is 19.4. The highest BCUT2D eigenvalue weighted by molar-refractivity contribution is 5.47. The molecule has 20 heavy (non-hydrogen) atoms. The van der Waals surface area contributed by atoms with Gasteiger partial charge in [0.15, 0.2) is 0 Å². The van der Waals surface area contributed by atoms with Crippen LogP contribution in [0.5, 0.6) is 5.75 Å². The molecule has 1 aliphatic rings. The average molecular weight is 288 g/mol. The highest BCUT2D eigenvalue weighted by Gasteiger charge is 2.30. The summed E-state index contributed by atoms with van der Waals surface area (Å²) in [6.07, 6.45) is -1.25. The van der Waals surface area contributed by atoms with Gasteiger partial charge in [0.2, 0.25) is 0 Å². The van der Waals surface area contributed by atoms with E-state index in [1.54, 1.807) is 12.1 Å². The molecule has 1 fully saturated rings. The van der Waals surface area contributed by atoms with E-state index in [1.807, 2.05) is 0 Å². The van der Waals surface area contributed by atoms with Gasteiger partial charge in [0.25, 0.3) is 0 Å². The second-order valence-electron chi connectivity index (χ2n) is 5.15. The van der Waals surface area contributed by atoms with Crippen molar-refractivity contribution in [3.05, 3.63) is 24.3 Å². The molecule has 0 saturated carbocycles. The summed E-state index contributed by atoms with van der Waals surface area (Å²) in [4.78, 5) is 0. The normalized spacial score (nSPS) is 20.7. The van der Waals surface area contributed by atoms with Crippen LogP contribution >= 0.6 is 0 Å². The summed E-state index contributed by atoms with van der Waals surface area (Å²) in [5, 5.41) is 6.71. The maximum absolute atomic E-state index is 12.0. The largest absolute Gasteiger partial charge is 0.573 e. The van der Waals surface area contributed by atoms with Crippen LogP contribution in [0.3, 0.4) is 0 Å². The second kappa shape index (κ2) is 6.35. The Balaban J connectivity index is 1.83. The molecule has 1 saturated heterocycles. The van der Waals surface area contributed by atoms with E-state index < -0.39 is 6.36 Å². The van der Waals surface area contributed by atoms with Crippen molar-refractivity contribution in [2.75, 3.05) is 11.9 Å². The van der Waals surface area contributed by atoms with Crippen molar-refractivity contribution in [2.45, 2.75) is 44.6 Å². The van der Waals surface area contributed by atoms with E-state index in [0.717, 1.165) is 18.7 Å². The smallest absolute Gasteiger partial charge is 0.406 e. The van der Waals surface area contributed by atoms with Gasteiger partial charge in [-0.3, -0.25) is 0 Å². The van der Waals surface area contributed by atoms with Gasteiger partial charge in [-0.25, -0.2) is 0 Å². The molecule has 1 aromatic rings. The first-order chi connectivity index (χ1) is 9.42. The van der Waals surface area contributed by atoms with E-state index in [-0.39, 0.29) is 11.8 Å². The Hall–Kier alpha value is -1.43. The van der Waals surface area contributed by atoms with Crippen LogP contribution in [0, 0.1) is 0 Å². The maximum Gasteiger partial charge on any atom is 0.573 e. The van der Waals surface area contributed by atoms with E-state index in [4.69, 9.17) is 0 Å². The van der Waals surface area contributed by atoms with Gasteiger partial charge in [-0.05, 0) is 57.0 Å². The molecule has 0 spiro atoms. The molecule has 2 atom stereocenters. The summed E-state index contributed by atoms with van der Waals surface area (Å²) in [6, 6.07) is 6.62. The van der Waals surface area contributed by atoms with Crippen LogP contribution in [-0.4, -0.2) is 25.0 Å². The predicted molar refractivity (Wildman–Crippen MR) is 71.9 cm³/mol. The summed E-state index contributed by atoms with van der Waals surface area (Å²) in [5.74, 6) is -0.201. The van der Waals surface area contributed by atoms with Crippen LogP contribution in [0.4, 0.5) is 18.9 Å². The zero-order chi connectivity index (χ0) is 14.6. The van der Waals surface area contributed by atoms with Crippen LogP contribution in [-0.2, 0) is 0 Å². The van der Waals surface area contributed by atoms with E-state index in [2.05, 4.69) is 22.3 Å².